The summed E-state index contributed by atoms with van der Waals surface area (Å²) in [4.78, 5) is 19.0. The fourth-order valence-corrected chi connectivity index (χ4v) is 3.46. The van der Waals surface area contributed by atoms with Crippen molar-refractivity contribution >= 4 is 17.4 Å². The minimum absolute atomic E-state index is 0.0697. The summed E-state index contributed by atoms with van der Waals surface area (Å²) in [6.45, 7) is 7.14. The number of aliphatic hydroxyl groups excluding tert-OH is 1. The summed E-state index contributed by atoms with van der Waals surface area (Å²) in [6, 6.07) is 7.94. The average Bonchev–Trinajstić information content (AvgIpc) is 3.07. The van der Waals surface area contributed by atoms with Crippen LogP contribution in [-0.4, -0.2) is 73.4 Å². The van der Waals surface area contributed by atoms with Crippen LogP contribution < -0.4 is 10.2 Å². The second kappa shape index (κ2) is 7.40. The van der Waals surface area contributed by atoms with Crippen molar-refractivity contribution in [3.05, 3.63) is 24.3 Å². The number of rotatable bonds is 3. The number of hydrogen-bond donors (Lipinski definition) is 2. The summed E-state index contributed by atoms with van der Waals surface area (Å²) in [5.41, 5.74) is 1.96. The second-order valence-corrected chi connectivity index (χ2v) is 6.97. The number of likely N-dealkylation sites (tertiary alicyclic amines) is 1. The highest BCUT2D eigenvalue weighted by Crippen LogP contribution is 2.28. The van der Waals surface area contributed by atoms with Crippen molar-refractivity contribution < 1.29 is 9.90 Å². The monoisotopic (exact) mass is 332 g/mol. The van der Waals surface area contributed by atoms with Gasteiger partial charge in [0.15, 0.2) is 0 Å². The van der Waals surface area contributed by atoms with Gasteiger partial charge in [0.25, 0.3) is 0 Å². The summed E-state index contributed by atoms with van der Waals surface area (Å²) >= 11 is 0. The topological polar surface area (TPSA) is 59.1 Å². The number of para-hydroxylation sites is 2. The molecule has 24 heavy (non-hydrogen) atoms. The second-order valence-electron chi connectivity index (χ2n) is 6.97. The van der Waals surface area contributed by atoms with E-state index in [1.54, 1.807) is 11.8 Å². The van der Waals surface area contributed by atoms with Crippen LogP contribution in [0.2, 0.25) is 0 Å². The standard InChI is InChI=1S/C18H28N4O2/c1-14(23)15-7-8-22(13-15)18(24)19-16-5-3-4-6-17(16)21-11-9-20(2)10-12-21/h3-6,14-15,23H,7-13H2,1-2H3,(H,19,24). The van der Waals surface area contributed by atoms with Gasteiger partial charge in [0.2, 0.25) is 0 Å². The third-order valence-corrected chi connectivity index (χ3v) is 5.18. The van der Waals surface area contributed by atoms with Crippen LogP contribution in [-0.2, 0) is 0 Å². The predicted molar refractivity (Wildman–Crippen MR) is 96.5 cm³/mol. The van der Waals surface area contributed by atoms with Gasteiger partial charge < -0.3 is 25.1 Å². The number of nitrogens with one attached hydrogen (secondary N) is 1. The maximum absolute atomic E-state index is 12.6. The Bertz CT molecular complexity index is 570. The molecule has 2 amide bonds. The first kappa shape index (κ1) is 17.0. The molecule has 6 nitrogen and oxygen atoms in total. The molecule has 2 unspecified atom stereocenters. The predicted octanol–water partition coefficient (Wildman–Crippen LogP) is 1.67. The van der Waals surface area contributed by atoms with E-state index in [0.29, 0.717) is 13.1 Å². The molecule has 3 rings (SSSR count). The summed E-state index contributed by atoms with van der Waals surface area (Å²) < 4.78 is 0. The molecule has 0 aromatic heterocycles. The van der Waals surface area contributed by atoms with Crippen molar-refractivity contribution in [1.29, 1.82) is 0 Å². The van der Waals surface area contributed by atoms with Crippen LogP contribution in [0.15, 0.2) is 24.3 Å². The number of carbonyl (C=O) groups is 1. The molecule has 0 radical (unpaired) electrons. The third kappa shape index (κ3) is 3.82. The van der Waals surface area contributed by atoms with Crippen LogP contribution in [0.25, 0.3) is 0 Å². The number of carbonyl (C=O) groups excluding carboxylic acids is 1. The van der Waals surface area contributed by atoms with E-state index in [0.717, 1.165) is 44.0 Å². The normalized spacial score (nSPS) is 23.4. The van der Waals surface area contributed by atoms with E-state index < -0.39 is 0 Å². The number of piperazine rings is 1. The number of hydrogen-bond acceptors (Lipinski definition) is 4. The molecule has 0 spiro atoms. The number of likely N-dealkylation sites (N-methyl/N-ethyl adjacent to an activating group) is 1. The number of anilines is 2. The summed E-state index contributed by atoms with van der Waals surface area (Å²) in [6.07, 6.45) is 0.506. The molecule has 2 aliphatic heterocycles. The highest BCUT2D eigenvalue weighted by atomic mass is 16.3. The minimum Gasteiger partial charge on any atom is -0.393 e. The van der Waals surface area contributed by atoms with Crippen LogP contribution in [0.1, 0.15) is 13.3 Å². The Kier molecular flexibility index (Phi) is 5.26. The first-order valence-corrected chi connectivity index (χ1v) is 8.81. The van der Waals surface area contributed by atoms with E-state index in [1.165, 1.54) is 0 Å². The summed E-state index contributed by atoms with van der Waals surface area (Å²) in [5, 5.41) is 12.8. The molecular formula is C18H28N4O2. The number of nitrogens with zero attached hydrogens (tertiary/aromatic N) is 3. The molecular weight excluding hydrogens is 304 g/mol. The lowest BCUT2D eigenvalue weighted by molar-refractivity contribution is 0.130. The molecule has 6 heteroatoms. The molecule has 1 aromatic carbocycles. The Labute approximate surface area is 144 Å². The molecule has 2 atom stereocenters. The van der Waals surface area contributed by atoms with Crippen molar-refractivity contribution in [2.75, 3.05) is 56.5 Å². The molecule has 132 valence electrons. The first-order chi connectivity index (χ1) is 11.5. The Balaban J connectivity index is 1.66. The van der Waals surface area contributed by atoms with Gasteiger partial charge in [-0.05, 0) is 32.5 Å². The van der Waals surface area contributed by atoms with E-state index in [-0.39, 0.29) is 18.1 Å². The van der Waals surface area contributed by atoms with Crippen molar-refractivity contribution in [3.8, 4) is 0 Å². The fourth-order valence-electron chi connectivity index (χ4n) is 3.46. The lowest BCUT2D eigenvalue weighted by Crippen LogP contribution is -2.45. The number of benzene rings is 1. The minimum atomic E-state index is -0.361. The number of amides is 2. The lowest BCUT2D eigenvalue weighted by atomic mass is 10.0. The molecule has 2 heterocycles. The molecule has 0 bridgehead atoms. The van der Waals surface area contributed by atoms with Crippen molar-refractivity contribution in [1.82, 2.24) is 9.80 Å². The quantitative estimate of drug-likeness (QED) is 0.884. The van der Waals surface area contributed by atoms with Gasteiger partial charge >= 0.3 is 6.03 Å². The van der Waals surface area contributed by atoms with Gasteiger partial charge in [-0.25, -0.2) is 4.79 Å². The van der Waals surface area contributed by atoms with Crippen molar-refractivity contribution in [2.24, 2.45) is 5.92 Å². The van der Waals surface area contributed by atoms with Crippen LogP contribution in [0, 0.1) is 5.92 Å². The molecule has 2 N–H and O–H groups in total. The van der Waals surface area contributed by atoms with E-state index in [1.807, 2.05) is 18.2 Å². The van der Waals surface area contributed by atoms with Crippen LogP contribution in [0.4, 0.5) is 16.2 Å². The van der Waals surface area contributed by atoms with Crippen molar-refractivity contribution in [3.63, 3.8) is 0 Å². The third-order valence-electron chi connectivity index (χ3n) is 5.18. The van der Waals surface area contributed by atoms with E-state index in [4.69, 9.17) is 0 Å². The van der Waals surface area contributed by atoms with Gasteiger partial charge in [0, 0.05) is 45.2 Å². The smallest absolute Gasteiger partial charge is 0.321 e. The highest BCUT2D eigenvalue weighted by molar-refractivity contribution is 5.93. The molecule has 2 fully saturated rings. The Hall–Kier alpha value is -1.79. The largest absolute Gasteiger partial charge is 0.393 e. The fraction of sp³-hybridized carbons (Fsp3) is 0.611. The Morgan fingerprint density at radius 2 is 1.92 bits per heavy atom. The van der Waals surface area contributed by atoms with E-state index in [9.17, 15) is 9.90 Å². The molecule has 2 saturated heterocycles. The van der Waals surface area contributed by atoms with Crippen LogP contribution in [0.3, 0.4) is 0 Å². The van der Waals surface area contributed by atoms with Crippen molar-refractivity contribution in [2.45, 2.75) is 19.4 Å². The van der Waals surface area contributed by atoms with E-state index in [2.05, 4.69) is 28.2 Å². The van der Waals surface area contributed by atoms with Crippen LogP contribution in [0.5, 0.6) is 0 Å². The SMILES string of the molecule is CC(O)C1CCN(C(=O)Nc2ccccc2N2CCN(C)CC2)C1. The first-order valence-electron chi connectivity index (χ1n) is 8.81. The lowest BCUT2D eigenvalue weighted by Gasteiger charge is -2.35. The maximum Gasteiger partial charge on any atom is 0.321 e. The molecule has 0 saturated carbocycles. The van der Waals surface area contributed by atoms with Gasteiger partial charge in [0.1, 0.15) is 0 Å². The molecule has 2 aliphatic rings. The van der Waals surface area contributed by atoms with E-state index >= 15 is 0 Å². The number of aliphatic hydroxyl groups is 1. The van der Waals surface area contributed by atoms with Crippen LogP contribution >= 0.6 is 0 Å². The maximum atomic E-state index is 12.6. The summed E-state index contributed by atoms with van der Waals surface area (Å²) in [7, 11) is 2.14. The zero-order valence-corrected chi connectivity index (χ0v) is 14.6. The Morgan fingerprint density at radius 1 is 1.21 bits per heavy atom. The Morgan fingerprint density at radius 3 is 2.58 bits per heavy atom. The molecule has 0 aliphatic carbocycles. The number of urea groups is 1. The van der Waals surface area contributed by atoms with Gasteiger partial charge in [0.05, 0.1) is 17.5 Å². The zero-order chi connectivity index (χ0) is 17.1. The highest BCUT2D eigenvalue weighted by Gasteiger charge is 2.29. The summed E-state index contributed by atoms with van der Waals surface area (Å²) in [5.74, 6) is 0.184. The molecule has 1 aromatic rings. The van der Waals surface area contributed by atoms with Gasteiger partial charge in [-0.15, -0.1) is 0 Å². The van der Waals surface area contributed by atoms with Gasteiger partial charge in [-0.3, -0.25) is 0 Å². The van der Waals surface area contributed by atoms with Gasteiger partial charge in [-0.1, -0.05) is 12.1 Å². The average molecular weight is 332 g/mol. The zero-order valence-electron chi connectivity index (χ0n) is 14.6. The van der Waals surface area contributed by atoms with Gasteiger partial charge in [-0.2, -0.15) is 0 Å².